The van der Waals surface area contributed by atoms with Gasteiger partial charge in [-0.25, -0.2) is 0 Å². The summed E-state index contributed by atoms with van der Waals surface area (Å²) in [6.45, 7) is 0.0509. The van der Waals surface area contributed by atoms with E-state index in [0.29, 0.717) is 17.1 Å². The molecule has 2 rings (SSSR count). The lowest BCUT2D eigenvalue weighted by molar-refractivity contribution is -0.120. The van der Waals surface area contributed by atoms with E-state index in [2.05, 4.69) is 15.9 Å². The van der Waals surface area contributed by atoms with Gasteiger partial charge in [0, 0.05) is 11.5 Å². The van der Waals surface area contributed by atoms with Gasteiger partial charge >= 0.3 is 0 Å². The van der Waals surface area contributed by atoms with Crippen LogP contribution in [-0.2, 0) is 4.79 Å². The summed E-state index contributed by atoms with van der Waals surface area (Å²) in [5.41, 5.74) is 6.99. The fourth-order valence-corrected chi connectivity index (χ4v) is 1.83. The number of carbonyl (C=O) groups excluding carboxylic acids is 1. The van der Waals surface area contributed by atoms with E-state index in [1.165, 1.54) is 0 Å². The van der Waals surface area contributed by atoms with Crippen LogP contribution in [0.25, 0.3) is 0 Å². The Kier molecular flexibility index (Phi) is 2.11. The summed E-state index contributed by atoms with van der Waals surface area (Å²) >= 11 is 3.32. The normalized spacial score (nSPS) is 15.0. The molecular formula is C9H9BrN2O2. The molecule has 14 heavy (non-hydrogen) atoms. The van der Waals surface area contributed by atoms with Gasteiger partial charge in [0.05, 0.1) is 11.4 Å². The van der Waals surface area contributed by atoms with E-state index in [1.54, 1.807) is 18.0 Å². The molecule has 0 radical (unpaired) electrons. The molecule has 1 heterocycles. The van der Waals surface area contributed by atoms with Crippen molar-refractivity contribution in [1.29, 1.82) is 0 Å². The molecule has 2 N–H and O–H groups in total. The fourth-order valence-electron chi connectivity index (χ4n) is 1.37. The zero-order valence-corrected chi connectivity index (χ0v) is 9.17. The van der Waals surface area contributed by atoms with E-state index >= 15 is 0 Å². The van der Waals surface area contributed by atoms with Crippen LogP contribution in [-0.4, -0.2) is 19.6 Å². The minimum atomic E-state index is -0.0741. The zero-order chi connectivity index (χ0) is 10.3. The van der Waals surface area contributed by atoms with Crippen LogP contribution in [0.5, 0.6) is 5.75 Å². The summed E-state index contributed by atoms with van der Waals surface area (Å²) < 4.78 is 6.09. The van der Waals surface area contributed by atoms with Crippen LogP contribution in [0.1, 0.15) is 0 Å². The Morgan fingerprint density at radius 2 is 2.29 bits per heavy atom. The molecule has 0 fully saturated rings. The number of ether oxygens (including phenoxy) is 1. The van der Waals surface area contributed by atoms with Crippen molar-refractivity contribution in [3.63, 3.8) is 0 Å². The Balaban J connectivity index is 2.59. The lowest BCUT2D eigenvalue weighted by Gasteiger charge is -2.26. The van der Waals surface area contributed by atoms with Crippen LogP contribution in [0.3, 0.4) is 0 Å². The second-order valence-corrected chi connectivity index (χ2v) is 4.00. The van der Waals surface area contributed by atoms with Crippen molar-refractivity contribution >= 4 is 33.2 Å². The quantitative estimate of drug-likeness (QED) is 0.714. The molecule has 1 aromatic carbocycles. The minimum Gasteiger partial charge on any atom is -0.479 e. The number of amides is 1. The molecule has 0 atom stereocenters. The van der Waals surface area contributed by atoms with Gasteiger partial charge in [-0.1, -0.05) is 15.9 Å². The van der Waals surface area contributed by atoms with Gasteiger partial charge in [-0.15, -0.1) is 0 Å². The second kappa shape index (κ2) is 3.16. The van der Waals surface area contributed by atoms with Crippen LogP contribution in [0.2, 0.25) is 0 Å². The first-order chi connectivity index (χ1) is 6.59. The van der Waals surface area contributed by atoms with Crippen molar-refractivity contribution in [3.8, 4) is 5.75 Å². The number of nitrogens with two attached hydrogens (primary N) is 1. The average molecular weight is 257 g/mol. The van der Waals surface area contributed by atoms with E-state index in [0.717, 1.165) is 4.47 Å². The summed E-state index contributed by atoms with van der Waals surface area (Å²) in [5.74, 6) is 0.505. The Labute approximate surface area is 89.8 Å². The maximum atomic E-state index is 11.3. The van der Waals surface area contributed by atoms with Crippen LogP contribution in [0.15, 0.2) is 16.6 Å². The number of hydrogen-bond acceptors (Lipinski definition) is 3. The maximum absolute atomic E-state index is 11.3. The third-order valence-corrected chi connectivity index (χ3v) is 2.60. The van der Waals surface area contributed by atoms with Crippen LogP contribution in [0, 0.1) is 0 Å². The second-order valence-electron chi connectivity index (χ2n) is 3.08. The van der Waals surface area contributed by atoms with Gasteiger partial charge in [0.25, 0.3) is 5.91 Å². The number of nitrogen functional groups attached to an aromatic ring is 1. The lowest BCUT2D eigenvalue weighted by atomic mass is 10.2. The van der Waals surface area contributed by atoms with Gasteiger partial charge in [0.15, 0.2) is 12.4 Å². The molecule has 1 amide bonds. The molecule has 1 aliphatic rings. The smallest absolute Gasteiger partial charge is 0.264 e. The topological polar surface area (TPSA) is 55.6 Å². The molecule has 4 nitrogen and oxygen atoms in total. The maximum Gasteiger partial charge on any atom is 0.264 e. The Bertz CT molecular complexity index is 406. The van der Waals surface area contributed by atoms with Gasteiger partial charge < -0.3 is 15.4 Å². The predicted molar refractivity (Wildman–Crippen MR) is 57.5 cm³/mol. The van der Waals surface area contributed by atoms with Gasteiger partial charge in [-0.2, -0.15) is 0 Å². The van der Waals surface area contributed by atoms with Crippen molar-refractivity contribution in [1.82, 2.24) is 0 Å². The number of nitrogens with zero attached hydrogens (tertiary/aromatic N) is 1. The molecule has 0 spiro atoms. The molecule has 1 aromatic rings. The summed E-state index contributed by atoms with van der Waals surface area (Å²) in [5, 5.41) is 0. The molecule has 0 saturated heterocycles. The van der Waals surface area contributed by atoms with Crippen molar-refractivity contribution in [3.05, 3.63) is 16.6 Å². The molecule has 0 unspecified atom stereocenters. The number of halogens is 1. The Morgan fingerprint density at radius 1 is 1.57 bits per heavy atom. The Morgan fingerprint density at radius 3 is 3.00 bits per heavy atom. The van der Waals surface area contributed by atoms with E-state index in [4.69, 9.17) is 10.5 Å². The monoisotopic (exact) mass is 256 g/mol. The van der Waals surface area contributed by atoms with Gasteiger partial charge in [-0.05, 0) is 12.1 Å². The van der Waals surface area contributed by atoms with E-state index in [-0.39, 0.29) is 12.5 Å². The van der Waals surface area contributed by atoms with E-state index < -0.39 is 0 Å². The van der Waals surface area contributed by atoms with E-state index in [1.807, 2.05) is 6.07 Å². The molecule has 0 aliphatic carbocycles. The molecule has 74 valence electrons. The summed E-state index contributed by atoms with van der Waals surface area (Å²) in [6.07, 6.45) is 0. The third kappa shape index (κ3) is 1.33. The number of hydrogen-bond donors (Lipinski definition) is 1. The molecular weight excluding hydrogens is 248 g/mol. The summed E-state index contributed by atoms with van der Waals surface area (Å²) in [7, 11) is 1.70. The first-order valence-corrected chi connectivity index (χ1v) is 4.87. The minimum absolute atomic E-state index is 0.0509. The molecule has 1 aliphatic heterocycles. The SMILES string of the molecule is CN1C(=O)COc2c(N)cc(Br)cc21. The number of benzene rings is 1. The van der Waals surface area contributed by atoms with Crippen molar-refractivity contribution in [2.24, 2.45) is 0 Å². The predicted octanol–water partition coefficient (Wildman–Crippen LogP) is 1.39. The van der Waals surface area contributed by atoms with Crippen LogP contribution in [0.4, 0.5) is 11.4 Å². The molecule has 0 bridgehead atoms. The van der Waals surface area contributed by atoms with Crippen molar-refractivity contribution < 1.29 is 9.53 Å². The number of carbonyl (C=O) groups is 1. The highest BCUT2D eigenvalue weighted by Gasteiger charge is 2.24. The largest absolute Gasteiger partial charge is 0.479 e. The molecule has 5 heteroatoms. The van der Waals surface area contributed by atoms with Crippen molar-refractivity contribution in [2.75, 3.05) is 24.3 Å². The van der Waals surface area contributed by atoms with Crippen LogP contribution < -0.4 is 15.4 Å². The lowest BCUT2D eigenvalue weighted by Crippen LogP contribution is -2.35. The summed E-state index contributed by atoms with van der Waals surface area (Å²) in [4.78, 5) is 12.9. The number of fused-ring (bicyclic) bond motifs is 1. The van der Waals surface area contributed by atoms with Gasteiger partial charge in [0.2, 0.25) is 0 Å². The highest BCUT2D eigenvalue weighted by molar-refractivity contribution is 9.10. The molecule has 0 aromatic heterocycles. The van der Waals surface area contributed by atoms with E-state index in [9.17, 15) is 4.79 Å². The zero-order valence-electron chi connectivity index (χ0n) is 7.58. The number of anilines is 2. The van der Waals surface area contributed by atoms with Crippen LogP contribution >= 0.6 is 15.9 Å². The first-order valence-electron chi connectivity index (χ1n) is 4.08. The van der Waals surface area contributed by atoms with Gasteiger partial charge in [0.1, 0.15) is 0 Å². The molecule has 0 saturated carbocycles. The van der Waals surface area contributed by atoms with Gasteiger partial charge in [-0.3, -0.25) is 4.79 Å². The highest BCUT2D eigenvalue weighted by Crippen LogP contribution is 2.38. The summed E-state index contributed by atoms with van der Waals surface area (Å²) in [6, 6.07) is 3.56. The number of rotatable bonds is 0. The fraction of sp³-hybridized carbons (Fsp3) is 0.222. The standard InChI is InChI=1S/C9H9BrN2O2/c1-12-7-3-5(10)2-6(11)9(7)14-4-8(12)13/h2-3H,4,11H2,1H3. The first kappa shape index (κ1) is 9.33. The highest BCUT2D eigenvalue weighted by atomic mass is 79.9. The third-order valence-electron chi connectivity index (χ3n) is 2.14. The average Bonchev–Trinajstić information content (AvgIpc) is 2.12. The number of likely N-dealkylation sites (N-methyl/N-ethyl adjacent to an activating group) is 1. The Hall–Kier alpha value is -1.23. The van der Waals surface area contributed by atoms with Crippen molar-refractivity contribution in [2.45, 2.75) is 0 Å².